The first-order valence-electron chi connectivity index (χ1n) is 4.95. The third-order valence-corrected chi connectivity index (χ3v) is 3.91. The Hall–Kier alpha value is -1.08. The standard InChI is InChI=1S/C11H11Br2NO4/c1-5(15)14-10(11(17)18)9(13)7-3-2-6(16)4-8(7)12/h2-4,9-10,16H,1H3,(H,14,15)(H,17,18)/t9?,10-/m0/s1. The highest BCUT2D eigenvalue weighted by molar-refractivity contribution is 9.11. The molecule has 0 radical (unpaired) electrons. The molecule has 1 amide bonds. The molecule has 0 saturated heterocycles. The van der Waals surface area contributed by atoms with Gasteiger partial charge < -0.3 is 15.5 Å². The van der Waals surface area contributed by atoms with Crippen LogP contribution in [0.3, 0.4) is 0 Å². The van der Waals surface area contributed by atoms with Crippen LogP contribution in [0.4, 0.5) is 0 Å². The number of carboxylic acids is 1. The molecule has 0 aliphatic rings. The van der Waals surface area contributed by atoms with Crippen LogP contribution in [0.15, 0.2) is 22.7 Å². The van der Waals surface area contributed by atoms with Crippen LogP contribution in [0.25, 0.3) is 0 Å². The molecule has 7 heteroatoms. The Morgan fingerprint density at radius 1 is 1.39 bits per heavy atom. The highest BCUT2D eigenvalue weighted by atomic mass is 79.9. The summed E-state index contributed by atoms with van der Waals surface area (Å²) in [6.45, 7) is 1.25. The fourth-order valence-corrected chi connectivity index (χ4v) is 3.08. The number of carbonyl (C=O) groups is 2. The topological polar surface area (TPSA) is 86.6 Å². The van der Waals surface area contributed by atoms with E-state index in [-0.39, 0.29) is 5.75 Å². The van der Waals surface area contributed by atoms with Gasteiger partial charge in [-0.15, -0.1) is 0 Å². The van der Waals surface area contributed by atoms with E-state index in [0.717, 1.165) is 0 Å². The van der Waals surface area contributed by atoms with Crippen LogP contribution in [0.1, 0.15) is 17.3 Å². The predicted molar refractivity (Wildman–Crippen MR) is 72.7 cm³/mol. The Morgan fingerprint density at radius 2 is 2.00 bits per heavy atom. The third-order valence-electron chi connectivity index (χ3n) is 2.20. The van der Waals surface area contributed by atoms with Gasteiger partial charge in [0.1, 0.15) is 11.8 Å². The molecule has 1 aromatic carbocycles. The van der Waals surface area contributed by atoms with Crippen molar-refractivity contribution in [3.63, 3.8) is 0 Å². The normalized spacial score (nSPS) is 13.7. The van der Waals surface area contributed by atoms with Crippen molar-refractivity contribution in [3.05, 3.63) is 28.2 Å². The molecule has 0 bridgehead atoms. The maximum Gasteiger partial charge on any atom is 0.327 e. The van der Waals surface area contributed by atoms with Gasteiger partial charge in [0.05, 0.1) is 4.83 Å². The summed E-state index contributed by atoms with van der Waals surface area (Å²) in [5, 5.41) is 20.7. The second-order valence-electron chi connectivity index (χ2n) is 3.62. The number of benzene rings is 1. The molecule has 0 aliphatic heterocycles. The minimum atomic E-state index is -1.15. The van der Waals surface area contributed by atoms with Gasteiger partial charge in [-0.2, -0.15) is 0 Å². The molecule has 1 unspecified atom stereocenters. The summed E-state index contributed by atoms with van der Waals surface area (Å²) >= 11 is 6.49. The average Bonchev–Trinajstić information content (AvgIpc) is 2.24. The number of rotatable bonds is 4. The maximum absolute atomic E-state index is 11.1. The van der Waals surface area contributed by atoms with Gasteiger partial charge in [0.25, 0.3) is 0 Å². The monoisotopic (exact) mass is 379 g/mol. The Bertz CT molecular complexity index is 478. The number of hydrogen-bond donors (Lipinski definition) is 3. The van der Waals surface area contributed by atoms with E-state index in [9.17, 15) is 14.7 Å². The lowest BCUT2D eigenvalue weighted by molar-refractivity contribution is -0.141. The number of phenolic OH excluding ortho intramolecular Hbond substituents is 1. The van der Waals surface area contributed by atoms with Gasteiger partial charge in [-0.1, -0.05) is 37.9 Å². The van der Waals surface area contributed by atoms with Crippen LogP contribution in [0, 0.1) is 0 Å². The number of nitrogens with one attached hydrogen (secondary N) is 1. The predicted octanol–water partition coefficient (Wildman–Crippen LogP) is 2.18. The van der Waals surface area contributed by atoms with Gasteiger partial charge in [-0.05, 0) is 17.7 Å². The van der Waals surface area contributed by atoms with Crippen LogP contribution in [-0.2, 0) is 9.59 Å². The fraction of sp³-hybridized carbons (Fsp3) is 0.273. The molecule has 0 aromatic heterocycles. The number of aliphatic carboxylic acids is 1. The number of carboxylic acid groups (broad SMARTS) is 1. The summed E-state index contributed by atoms with van der Waals surface area (Å²) in [6.07, 6.45) is 0. The van der Waals surface area contributed by atoms with Crippen molar-refractivity contribution < 1.29 is 19.8 Å². The quantitative estimate of drug-likeness (QED) is 0.698. The number of phenols is 1. The maximum atomic E-state index is 11.1. The number of amides is 1. The van der Waals surface area contributed by atoms with Crippen molar-refractivity contribution in [1.82, 2.24) is 5.32 Å². The van der Waals surface area contributed by atoms with E-state index in [4.69, 9.17) is 5.11 Å². The highest BCUT2D eigenvalue weighted by Gasteiger charge is 2.29. The Kier molecular flexibility index (Phi) is 5.15. The smallest absolute Gasteiger partial charge is 0.327 e. The molecule has 0 fully saturated rings. The van der Waals surface area contributed by atoms with Crippen molar-refractivity contribution >= 4 is 43.7 Å². The number of carbonyl (C=O) groups excluding carboxylic acids is 1. The lowest BCUT2D eigenvalue weighted by Gasteiger charge is -2.20. The van der Waals surface area contributed by atoms with E-state index in [0.29, 0.717) is 10.0 Å². The number of halogens is 2. The highest BCUT2D eigenvalue weighted by Crippen LogP contribution is 2.34. The summed E-state index contributed by atoms with van der Waals surface area (Å²) in [6, 6.07) is 3.39. The van der Waals surface area contributed by atoms with Crippen LogP contribution >= 0.6 is 31.9 Å². The Morgan fingerprint density at radius 3 is 2.44 bits per heavy atom. The van der Waals surface area contributed by atoms with Crippen molar-refractivity contribution in [3.8, 4) is 5.75 Å². The number of alkyl halides is 1. The van der Waals surface area contributed by atoms with Crippen LogP contribution in [0.2, 0.25) is 0 Å². The summed E-state index contributed by atoms with van der Waals surface area (Å²) < 4.78 is 0.556. The Labute approximate surface area is 120 Å². The van der Waals surface area contributed by atoms with Crippen LogP contribution < -0.4 is 5.32 Å². The molecule has 18 heavy (non-hydrogen) atoms. The zero-order valence-corrected chi connectivity index (χ0v) is 12.5. The zero-order valence-electron chi connectivity index (χ0n) is 9.35. The van der Waals surface area contributed by atoms with E-state index < -0.39 is 22.7 Å². The van der Waals surface area contributed by atoms with Crippen LogP contribution in [0.5, 0.6) is 5.75 Å². The zero-order chi connectivity index (χ0) is 13.9. The van der Waals surface area contributed by atoms with Gasteiger partial charge in [-0.25, -0.2) is 4.79 Å². The van der Waals surface area contributed by atoms with Crippen molar-refractivity contribution in [2.75, 3.05) is 0 Å². The molecule has 0 spiro atoms. The first-order valence-corrected chi connectivity index (χ1v) is 6.66. The van der Waals surface area contributed by atoms with Gasteiger partial charge in [0, 0.05) is 11.4 Å². The Balaban J connectivity index is 3.05. The molecule has 0 heterocycles. The van der Waals surface area contributed by atoms with E-state index in [1.165, 1.54) is 19.1 Å². The number of aromatic hydroxyl groups is 1. The van der Waals surface area contributed by atoms with E-state index in [2.05, 4.69) is 37.2 Å². The number of hydrogen-bond acceptors (Lipinski definition) is 3. The summed E-state index contributed by atoms with van der Waals surface area (Å²) in [5.41, 5.74) is 0.619. The lowest BCUT2D eigenvalue weighted by atomic mass is 10.1. The molecule has 98 valence electrons. The van der Waals surface area contributed by atoms with Crippen molar-refractivity contribution in [2.24, 2.45) is 0 Å². The molecule has 0 saturated carbocycles. The van der Waals surface area contributed by atoms with Gasteiger partial charge >= 0.3 is 5.97 Å². The van der Waals surface area contributed by atoms with E-state index >= 15 is 0 Å². The van der Waals surface area contributed by atoms with E-state index in [1.54, 1.807) is 6.07 Å². The van der Waals surface area contributed by atoms with Gasteiger partial charge in [0.2, 0.25) is 5.91 Å². The SMILES string of the molecule is CC(=O)N[C@H](C(=O)O)C(Br)c1ccc(O)cc1Br. The minimum Gasteiger partial charge on any atom is -0.508 e. The molecule has 1 rings (SSSR count). The first-order chi connectivity index (χ1) is 8.32. The fourth-order valence-electron chi connectivity index (χ4n) is 1.40. The van der Waals surface area contributed by atoms with Gasteiger partial charge in [0.15, 0.2) is 0 Å². The van der Waals surface area contributed by atoms with Crippen LogP contribution in [-0.4, -0.2) is 28.1 Å². The molecule has 5 nitrogen and oxygen atoms in total. The molecular weight excluding hydrogens is 370 g/mol. The second kappa shape index (κ2) is 6.19. The largest absolute Gasteiger partial charge is 0.508 e. The van der Waals surface area contributed by atoms with Crippen molar-refractivity contribution in [2.45, 2.75) is 17.8 Å². The van der Waals surface area contributed by atoms with Gasteiger partial charge in [-0.3, -0.25) is 4.79 Å². The first kappa shape index (κ1) is 15.0. The summed E-state index contributed by atoms with van der Waals surface area (Å²) in [7, 11) is 0. The average molecular weight is 381 g/mol. The summed E-state index contributed by atoms with van der Waals surface area (Å²) in [5.74, 6) is -1.51. The minimum absolute atomic E-state index is 0.0664. The molecule has 1 aromatic rings. The van der Waals surface area contributed by atoms with Crippen molar-refractivity contribution in [1.29, 1.82) is 0 Å². The second-order valence-corrected chi connectivity index (χ2v) is 5.46. The van der Waals surface area contributed by atoms with E-state index in [1.807, 2.05) is 0 Å². The molecule has 3 N–H and O–H groups in total. The summed E-state index contributed by atoms with van der Waals surface area (Å²) in [4.78, 5) is 21.5. The lowest BCUT2D eigenvalue weighted by Crippen LogP contribution is -2.42. The molecule has 2 atom stereocenters. The molecule has 0 aliphatic carbocycles. The third kappa shape index (κ3) is 3.71. The molecular formula is C11H11Br2NO4.